The largest absolute Gasteiger partial charge is 0.374 e. The van der Waals surface area contributed by atoms with Crippen LogP contribution >= 0.6 is 0 Å². The molecule has 1 atom stereocenters. The van der Waals surface area contributed by atoms with Crippen LogP contribution in [-0.4, -0.2) is 42.4 Å². The molecule has 1 aromatic carbocycles. The fourth-order valence-electron chi connectivity index (χ4n) is 3.34. The number of nitrogens with one attached hydrogen (secondary N) is 1. The molecule has 2 heterocycles. The number of amides is 2. The normalized spacial score (nSPS) is 18.3. The van der Waals surface area contributed by atoms with Gasteiger partial charge in [0.1, 0.15) is 6.04 Å². The first-order valence-corrected chi connectivity index (χ1v) is 8.02. The molecule has 2 aliphatic rings. The van der Waals surface area contributed by atoms with Crippen LogP contribution in [0.15, 0.2) is 18.2 Å². The van der Waals surface area contributed by atoms with Gasteiger partial charge in [0.15, 0.2) is 0 Å². The maximum Gasteiger partial charge on any atom is 0.244 e. The molecule has 5 nitrogen and oxygen atoms in total. The molecule has 118 valence electrons. The summed E-state index contributed by atoms with van der Waals surface area (Å²) in [6, 6.07) is 5.76. The number of hydrogen-bond donors (Lipinski definition) is 1. The SMILES string of the molecule is CC(=O)N1CCc2cc(N[C@H](C)C(=O)N3CCCC3)ccc21. The highest BCUT2D eigenvalue weighted by Gasteiger charge is 2.25. The lowest BCUT2D eigenvalue weighted by Crippen LogP contribution is -2.39. The molecule has 0 spiro atoms. The second-order valence-electron chi connectivity index (χ2n) is 6.16. The van der Waals surface area contributed by atoms with Gasteiger partial charge in [-0.1, -0.05) is 0 Å². The molecule has 0 bridgehead atoms. The Labute approximate surface area is 131 Å². The molecule has 0 saturated carbocycles. The van der Waals surface area contributed by atoms with Gasteiger partial charge in [-0.15, -0.1) is 0 Å². The molecule has 2 aliphatic heterocycles. The average Bonchev–Trinajstić information content (AvgIpc) is 3.15. The molecule has 0 aliphatic carbocycles. The van der Waals surface area contributed by atoms with Crippen molar-refractivity contribution in [3.05, 3.63) is 23.8 Å². The predicted molar refractivity (Wildman–Crippen MR) is 87.1 cm³/mol. The third-order valence-electron chi connectivity index (χ3n) is 4.53. The van der Waals surface area contributed by atoms with Gasteiger partial charge < -0.3 is 15.1 Å². The van der Waals surface area contributed by atoms with E-state index in [9.17, 15) is 9.59 Å². The number of fused-ring (bicyclic) bond motifs is 1. The lowest BCUT2D eigenvalue weighted by Gasteiger charge is -2.22. The van der Waals surface area contributed by atoms with Gasteiger partial charge in [0.05, 0.1) is 0 Å². The number of benzene rings is 1. The molecular formula is C17H23N3O2. The van der Waals surface area contributed by atoms with E-state index in [0.29, 0.717) is 0 Å². The first-order chi connectivity index (χ1) is 10.6. The van der Waals surface area contributed by atoms with Crippen molar-refractivity contribution in [2.45, 2.75) is 39.2 Å². The quantitative estimate of drug-likeness (QED) is 0.929. The number of nitrogens with zero attached hydrogens (tertiary/aromatic N) is 2. The number of hydrogen-bond acceptors (Lipinski definition) is 3. The van der Waals surface area contributed by atoms with Crippen molar-refractivity contribution < 1.29 is 9.59 Å². The van der Waals surface area contributed by atoms with Crippen molar-refractivity contribution in [3.63, 3.8) is 0 Å². The summed E-state index contributed by atoms with van der Waals surface area (Å²) in [6.45, 7) is 6.01. The predicted octanol–water partition coefficient (Wildman–Crippen LogP) is 2.02. The van der Waals surface area contributed by atoms with Crippen LogP contribution in [0.2, 0.25) is 0 Å². The van der Waals surface area contributed by atoms with Crippen LogP contribution in [0, 0.1) is 0 Å². The lowest BCUT2D eigenvalue weighted by molar-refractivity contribution is -0.130. The Morgan fingerprint density at radius 2 is 1.91 bits per heavy atom. The van der Waals surface area contributed by atoms with Crippen molar-refractivity contribution in [2.75, 3.05) is 29.9 Å². The Balaban J connectivity index is 1.69. The topological polar surface area (TPSA) is 52.7 Å². The van der Waals surface area contributed by atoms with E-state index >= 15 is 0 Å². The summed E-state index contributed by atoms with van der Waals surface area (Å²) in [6.07, 6.45) is 3.09. The minimum atomic E-state index is -0.221. The van der Waals surface area contributed by atoms with Crippen molar-refractivity contribution in [2.24, 2.45) is 0 Å². The average molecular weight is 301 g/mol. The second-order valence-corrected chi connectivity index (χ2v) is 6.16. The zero-order valence-electron chi connectivity index (χ0n) is 13.3. The summed E-state index contributed by atoms with van der Waals surface area (Å²) in [7, 11) is 0. The summed E-state index contributed by atoms with van der Waals surface area (Å²) in [5.74, 6) is 0.250. The minimum Gasteiger partial charge on any atom is -0.374 e. The van der Waals surface area contributed by atoms with Gasteiger partial charge in [0.25, 0.3) is 0 Å². The molecule has 2 amide bonds. The van der Waals surface area contributed by atoms with Gasteiger partial charge in [-0.25, -0.2) is 0 Å². The van der Waals surface area contributed by atoms with Gasteiger partial charge in [0.2, 0.25) is 11.8 Å². The van der Waals surface area contributed by atoms with Crippen LogP contribution in [0.3, 0.4) is 0 Å². The summed E-state index contributed by atoms with van der Waals surface area (Å²) < 4.78 is 0. The number of likely N-dealkylation sites (tertiary alicyclic amines) is 1. The minimum absolute atomic E-state index is 0.0806. The molecule has 1 N–H and O–H groups in total. The van der Waals surface area contributed by atoms with E-state index in [4.69, 9.17) is 0 Å². The molecular weight excluding hydrogens is 278 g/mol. The molecule has 5 heteroatoms. The Bertz CT molecular complexity index is 594. The van der Waals surface area contributed by atoms with Crippen molar-refractivity contribution in [1.82, 2.24) is 4.90 Å². The second kappa shape index (κ2) is 5.99. The number of carbonyl (C=O) groups excluding carboxylic acids is 2. The van der Waals surface area contributed by atoms with E-state index < -0.39 is 0 Å². The summed E-state index contributed by atoms with van der Waals surface area (Å²) >= 11 is 0. The highest BCUT2D eigenvalue weighted by atomic mass is 16.2. The van der Waals surface area contributed by atoms with Gasteiger partial charge >= 0.3 is 0 Å². The Kier molecular flexibility index (Phi) is 4.05. The monoisotopic (exact) mass is 301 g/mol. The van der Waals surface area contributed by atoms with E-state index in [2.05, 4.69) is 11.4 Å². The third kappa shape index (κ3) is 2.80. The summed E-state index contributed by atoms with van der Waals surface area (Å²) in [5.41, 5.74) is 3.11. The summed E-state index contributed by atoms with van der Waals surface area (Å²) in [5, 5.41) is 3.30. The highest BCUT2D eigenvalue weighted by molar-refractivity contribution is 5.94. The van der Waals surface area contributed by atoms with Gasteiger partial charge in [-0.2, -0.15) is 0 Å². The van der Waals surface area contributed by atoms with Crippen LogP contribution in [0.4, 0.5) is 11.4 Å². The van der Waals surface area contributed by atoms with Gasteiger partial charge in [-0.05, 0) is 49.9 Å². The Hall–Kier alpha value is -2.04. The smallest absolute Gasteiger partial charge is 0.244 e. The van der Waals surface area contributed by atoms with Crippen LogP contribution in [0.25, 0.3) is 0 Å². The molecule has 1 aromatic rings. The number of anilines is 2. The fourth-order valence-corrected chi connectivity index (χ4v) is 3.34. The van der Waals surface area contributed by atoms with E-state index in [1.807, 2.05) is 24.0 Å². The van der Waals surface area contributed by atoms with Crippen molar-refractivity contribution >= 4 is 23.2 Å². The van der Waals surface area contributed by atoms with Crippen LogP contribution in [0.5, 0.6) is 0 Å². The van der Waals surface area contributed by atoms with Crippen molar-refractivity contribution in [1.29, 1.82) is 0 Å². The molecule has 0 unspecified atom stereocenters. The van der Waals surface area contributed by atoms with E-state index in [1.165, 1.54) is 5.56 Å². The molecule has 1 saturated heterocycles. The molecule has 22 heavy (non-hydrogen) atoms. The van der Waals surface area contributed by atoms with Gasteiger partial charge in [-0.3, -0.25) is 9.59 Å². The first kappa shape index (κ1) is 14.9. The molecule has 1 fully saturated rings. The Morgan fingerprint density at radius 3 is 2.59 bits per heavy atom. The van der Waals surface area contributed by atoms with Gasteiger partial charge in [0, 0.05) is 37.9 Å². The van der Waals surface area contributed by atoms with Crippen molar-refractivity contribution in [3.8, 4) is 0 Å². The fraction of sp³-hybridized carbons (Fsp3) is 0.529. The van der Waals surface area contributed by atoms with Crippen LogP contribution < -0.4 is 10.2 Å². The number of carbonyl (C=O) groups is 2. The van der Waals surface area contributed by atoms with Crippen LogP contribution in [-0.2, 0) is 16.0 Å². The number of rotatable bonds is 3. The molecule has 3 rings (SSSR count). The maximum atomic E-state index is 12.3. The standard InChI is InChI=1S/C17H23N3O2/c1-12(17(22)19-8-3-4-9-19)18-15-5-6-16-14(11-15)7-10-20(16)13(2)21/h5-6,11-12,18H,3-4,7-10H2,1-2H3/t12-/m1/s1. The zero-order chi connectivity index (χ0) is 15.7. The van der Waals surface area contributed by atoms with Crippen LogP contribution in [0.1, 0.15) is 32.3 Å². The molecule has 0 aromatic heterocycles. The summed E-state index contributed by atoms with van der Waals surface area (Å²) in [4.78, 5) is 27.6. The molecule has 0 radical (unpaired) electrons. The lowest BCUT2D eigenvalue weighted by atomic mass is 10.1. The Morgan fingerprint density at radius 1 is 1.18 bits per heavy atom. The third-order valence-corrected chi connectivity index (χ3v) is 4.53. The van der Waals surface area contributed by atoms with E-state index in [-0.39, 0.29) is 17.9 Å². The highest BCUT2D eigenvalue weighted by Crippen LogP contribution is 2.30. The maximum absolute atomic E-state index is 12.3. The van der Waals surface area contributed by atoms with E-state index in [0.717, 1.165) is 50.3 Å². The van der Waals surface area contributed by atoms with E-state index in [1.54, 1.807) is 11.8 Å². The first-order valence-electron chi connectivity index (χ1n) is 8.02. The zero-order valence-corrected chi connectivity index (χ0v) is 13.3.